The summed E-state index contributed by atoms with van der Waals surface area (Å²) < 4.78 is 4.95. The number of benzene rings is 2. The zero-order valence-electron chi connectivity index (χ0n) is 14.4. The molecule has 0 saturated carbocycles. The Morgan fingerprint density at radius 1 is 1.08 bits per heavy atom. The molecule has 2 aromatic carbocycles. The van der Waals surface area contributed by atoms with Crippen molar-refractivity contribution in [3.8, 4) is 0 Å². The first-order valence-corrected chi connectivity index (χ1v) is 9.07. The van der Waals surface area contributed by atoms with Crippen LogP contribution >= 0.6 is 11.8 Å². The van der Waals surface area contributed by atoms with E-state index in [1.807, 2.05) is 30.3 Å². The summed E-state index contributed by atoms with van der Waals surface area (Å²) in [6, 6.07) is 17.1. The maximum Gasteiger partial charge on any atom is 0.413 e. The fourth-order valence-corrected chi connectivity index (χ4v) is 2.97. The molecule has 0 radical (unpaired) electrons. The van der Waals surface area contributed by atoms with Gasteiger partial charge in [0.1, 0.15) is 0 Å². The minimum absolute atomic E-state index is 0.0325. The Balaban J connectivity index is 1.80. The molecule has 0 heterocycles. The third kappa shape index (κ3) is 6.15. The third-order valence-corrected chi connectivity index (χ3v) is 4.43. The second-order valence-electron chi connectivity index (χ2n) is 5.26. The van der Waals surface area contributed by atoms with Gasteiger partial charge in [-0.15, -0.1) is 11.8 Å². The van der Waals surface area contributed by atoms with Crippen LogP contribution in [0.5, 0.6) is 0 Å². The van der Waals surface area contributed by atoms with E-state index in [1.54, 1.807) is 50.0 Å². The molecule has 0 atom stereocenters. The summed E-state index contributed by atoms with van der Waals surface area (Å²) >= 11 is 1.65. The quantitative estimate of drug-likeness (QED) is 0.745. The summed E-state index contributed by atoms with van der Waals surface area (Å²) in [5.41, 5.74) is 1.41. The lowest BCUT2D eigenvalue weighted by Gasteiger charge is -2.16. The van der Waals surface area contributed by atoms with E-state index in [1.165, 1.54) is 4.90 Å². The molecule has 0 fully saturated rings. The fraction of sp³-hybridized carbons (Fsp3) is 0.263. The van der Waals surface area contributed by atoms with E-state index in [2.05, 4.69) is 5.32 Å². The van der Waals surface area contributed by atoms with Crippen LogP contribution in [-0.2, 0) is 9.53 Å². The van der Waals surface area contributed by atoms with Gasteiger partial charge in [0.05, 0.1) is 6.61 Å². The van der Waals surface area contributed by atoms with Crippen molar-refractivity contribution in [3.05, 3.63) is 54.6 Å². The first-order valence-electron chi connectivity index (χ1n) is 8.08. The molecule has 25 heavy (non-hydrogen) atoms. The highest BCUT2D eigenvalue weighted by Crippen LogP contribution is 2.20. The van der Waals surface area contributed by atoms with Gasteiger partial charge in [-0.1, -0.05) is 18.2 Å². The highest BCUT2D eigenvalue weighted by Gasteiger charge is 2.11. The van der Waals surface area contributed by atoms with E-state index in [0.29, 0.717) is 24.4 Å². The molecule has 2 rings (SSSR count). The number of rotatable bonds is 7. The van der Waals surface area contributed by atoms with Crippen LogP contribution in [0.25, 0.3) is 0 Å². The van der Waals surface area contributed by atoms with E-state index >= 15 is 0 Å². The number of nitrogens with zero attached hydrogens (tertiary/aromatic N) is 1. The molecular weight excluding hydrogens is 336 g/mol. The number of ether oxygens (including phenoxy) is 1. The number of nitrogens with one attached hydrogen (secondary N) is 1. The molecular formula is C19H22N2O3S. The SMILES string of the molecule is CCOC(=O)N(C)c1ccc(NC(=O)CCSc2ccccc2)cc1. The minimum Gasteiger partial charge on any atom is -0.449 e. The number of thioether (sulfide) groups is 1. The van der Waals surface area contributed by atoms with Crippen molar-refractivity contribution in [2.45, 2.75) is 18.2 Å². The molecule has 0 aliphatic rings. The van der Waals surface area contributed by atoms with Crippen LogP contribution in [0.1, 0.15) is 13.3 Å². The minimum atomic E-state index is -0.405. The largest absolute Gasteiger partial charge is 0.449 e. The first-order chi connectivity index (χ1) is 12.1. The van der Waals surface area contributed by atoms with Crippen molar-refractivity contribution < 1.29 is 14.3 Å². The maximum absolute atomic E-state index is 12.0. The molecule has 0 bridgehead atoms. The number of amides is 2. The predicted octanol–water partition coefficient (Wildman–Crippen LogP) is 4.40. The summed E-state index contributed by atoms with van der Waals surface area (Å²) in [7, 11) is 1.65. The Bertz CT molecular complexity index is 690. The van der Waals surface area contributed by atoms with Gasteiger partial charge in [-0.3, -0.25) is 9.69 Å². The summed E-state index contributed by atoms with van der Waals surface area (Å²) in [4.78, 5) is 26.3. The second kappa shape index (κ2) is 9.74. The lowest BCUT2D eigenvalue weighted by atomic mass is 10.2. The van der Waals surface area contributed by atoms with Crippen LogP contribution in [-0.4, -0.2) is 31.4 Å². The number of carbonyl (C=O) groups excluding carboxylic acids is 2. The van der Waals surface area contributed by atoms with Gasteiger partial charge < -0.3 is 10.1 Å². The molecule has 0 spiro atoms. The van der Waals surface area contributed by atoms with Crippen molar-refractivity contribution in [1.29, 1.82) is 0 Å². The van der Waals surface area contributed by atoms with Crippen LogP contribution in [0.4, 0.5) is 16.2 Å². The zero-order chi connectivity index (χ0) is 18.1. The predicted molar refractivity (Wildman–Crippen MR) is 102 cm³/mol. The summed E-state index contributed by atoms with van der Waals surface area (Å²) in [5, 5.41) is 2.86. The number of carbonyl (C=O) groups is 2. The van der Waals surface area contributed by atoms with Gasteiger partial charge in [0.2, 0.25) is 5.91 Å². The van der Waals surface area contributed by atoms with Gasteiger partial charge in [-0.2, -0.15) is 0 Å². The molecule has 132 valence electrons. The van der Waals surface area contributed by atoms with Crippen LogP contribution in [0.2, 0.25) is 0 Å². The van der Waals surface area contributed by atoms with Gasteiger partial charge in [0.15, 0.2) is 0 Å². The van der Waals surface area contributed by atoms with Gasteiger partial charge in [0, 0.05) is 35.5 Å². The Hall–Kier alpha value is -2.47. The van der Waals surface area contributed by atoms with Gasteiger partial charge in [0.25, 0.3) is 0 Å². The topological polar surface area (TPSA) is 58.6 Å². The molecule has 0 aromatic heterocycles. The maximum atomic E-state index is 12.0. The Kier molecular flexibility index (Phi) is 7.35. The molecule has 0 saturated heterocycles. The lowest BCUT2D eigenvalue weighted by molar-refractivity contribution is -0.115. The molecule has 2 aromatic rings. The van der Waals surface area contributed by atoms with E-state index in [-0.39, 0.29) is 5.91 Å². The molecule has 6 heteroatoms. The van der Waals surface area contributed by atoms with Crippen LogP contribution in [0, 0.1) is 0 Å². The zero-order valence-corrected chi connectivity index (χ0v) is 15.2. The van der Waals surface area contributed by atoms with Crippen LogP contribution in [0.3, 0.4) is 0 Å². The second-order valence-corrected chi connectivity index (χ2v) is 6.43. The summed E-state index contributed by atoms with van der Waals surface area (Å²) in [5.74, 6) is 0.689. The molecule has 1 N–H and O–H groups in total. The van der Waals surface area contributed by atoms with Gasteiger partial charge in [-0.05, 0) is 43.3 Å². The summed E-state index contributed by atoms with van der Waals surface area (Å²) in [6.45, 7) is 2.10. The molecule has 0 aliphatic carbocycles. The van der Waals surface area contributed by atoms with Crippen molar-refractivity contribution in [3.63, 3.8) is 0 Å². The lowest BCUT2D eigenvalue weighted by Crippen LogP contribution is -2.26. The molecule has 5 nitrogen and oxygen atoms in total. The standard InChI is InChI=1S/C19H22N2O3S/c1-3-24-19(23)21(2)16-11-9-15(10-12-16)20-18(22)13-14-25-17-7-5-4-6-8-17/h4-12H,3,13-14H2,1-2H3,(H,20,22). The number of hydrogen-bond donors (Lipinski definition) is 1. The van der Waals surface area contributed by atoms with Crippen molar-refractivity contribution in [2.75, 3.05) is 29.6 Å². The smallest absolute Gasteiger partial charge is 0.413 e. The van der Waals surface area contributed by atoms with Crippen molar-refractivity contribution >= 4 is 35.1 Å². The van der Waals surface area contributed by atoms with Crippen LogP contribution < -0.4 is 10.2 Å². The first kappa shape index (κ1) is 18.9. The van der Waals surface area contributed by atoms with E-state index in [0.717, 1.165) is 10.6 Å². The average Bonchev–Trinajstić information content (AvgIpc) is 2.63. The molecule has 2 amide bonds. The van der Waals surface area contributed by atoms with Crippen molar-refractivity contribution in [1.82, 2.24) is 0 Å². The third-order valence-electron chi connectivity index (χ3n) is 3.42. The monoisotopic (exact) mass is 358 g/mol. The van der Waals surface area contributed by atoms with Gasteiger partial charge in [-0.25, -0.2) is 4.79 Å². The Morgan fingerprint density at radius 3 is 2.40 bits per heavy atom. The summed E-state index contributed by atoms with van der Waals surface area (Å²) in [6.07, 6.45) is 0.0292. The van der Waals surface area contributed by atoms with Gasteiger partial charge >= 0.3 is 6.09 Å². The van der Waals surface area contributed by atoms with E-state index in [4.69, 9.17) is 4.74 Å². The van der Waals surface area contributed by atoms with Crippen molar-refractivity contribution in [2.24, 2.45) is 0 Å². The van der Waals surface area contributed by atoms with E-state index in [9.17, 15) is 9.59 Å². The highest BCUT2D eigenvalue weighted by molar-refractivity contribution is 7.99. The van der Waals surface area contributed by atoms with E-state index < -0.39 is 6.09 Å². The average molecular weight is 358 g/mol. The Morgan fingerprint density at radius 2 is 1.76 bits per heavy atom. The highest BCUT2D eigenvalue weighted by atomic mass is 32.2. The normalized spacial score (nSPS) is 10.2. The fourth-order valence-electron chi connectivity index (χ4n) is 2.10. The van der Waals surface area contributed by atoms with Crippen LogP contribution in [0.15, 0.2) is 59.5 Å². The Labute approximate surface area is 152 Å². The molecule has 0 unspecified atom stereocenters. The number of hydrogen-bond acceptors (Lipinski definition) is 4. The molecule has 0 aliphatic heterocycles. The number of anilines is 2.